The molecule has 43 nitrogen and oxygen atoms in total. The average Bonchev–Trinajstić information content (AvgIpc) is 0.803. The molecule has 7 aromatic rings. The zero-order chi connectivity index (χ0) is 100. The maximum absolute atomic E-state index is 17.2. The van der Waals surface area contributed by atoms with Crippen molar-refractivity contribution in [2.75, 3.05) is 39.5 Å². The fraction of sp³-hybridized carbons (Fsp3) is 0.463. The molecule has 0 radical (unpaired) electrons. The molecule has 25 N–H and O–H groups in total. The summed E-state index contributed by atoms with van der Waals surface area (Å²) in [7, 11) is 0. The summed E-state index contributed by atoms with van der Waals surface area (Å²) in [5.41, 5.74) is 3.49. The molecule has 0 aliphatic carbocycles. The summed E-state index contributed by atoms with van der Waals surface area (Å²) in [5, 5.41) is 185. The first-order valence-corrected chi connectivity index (χ1v) is 46.5. The molecule has 140 heavy (non-hydrogen) atoms. The van der Waals surface area contributed by atoms with E-state index in [0.717, 1.165) is 105 Å². The Morgan fingerprint density at radius 1 is 0.536 bits per heavy atom. The zero-order valence-corrected chi connectivity index (χ0v) is 77.4. The number of benzene rings is 7. The molecule has 10 heterocycles. The molecule has 7 aromatic carbocycles. The highest BCUT2D eigenvalue weighted by Crippen LogP contribution is 2.51. The second kappa shape index (κ2) is 44.0. The van der Waals surface area contributed by atoms with Crippen LogP contribution in [0.4, 0.5) is 0 Å². The fourth-order valence-corrected chi connectivity index (χ4v) is 18.8. The lowest BCUT2D eigenvalue weighted by Crippen LogP contribution is -2.65. The van der Waals surface area contributed by atoms with Gasteiger partial charge in [0.15, 0.2) is 29.3 Å². The van der Waals surface area contributed by atoms with Gasteiger partial charge >= 0.3 is 0 Å². The van der Waals surface area contributed by atoms with Crippen molar-refractivity contribution in [3.8, 4) is 80.1 Å². The van der Waals surface area contributed by atoms with Crippen LogP contribution < -0.4 is 77.3 Å². The number of likely N-dealkylation sites (N-methyl/N-ethyl adjacent to an activating group) is 1. The van der Waals surface area contributed by atoms with E-state index in [4.69, 9.17) is 71.6 Å². The molecule has 17 bridgehead atoms. The first-order chi connectivity index (χ1) is 66.9. The number of unbranched alkanes of at least 4 members (excludes halogenated alkanes) is 3. The molecule has 0 aromatic heterocycles. The molecule has 10 aliphatic rings. The molecule has 17 rings (SSSR count). The zero-order valence-electron chi connectivity index (χ0n) is 75.9. The van der Waals surface area contributed by atoms with Crippen LogP contribution >= 0.6 is 23.2 Å². The SMILES string of the molecule is CCN1CCCC1CNC(=O)[C@H]1NC(=O)[C@H]2NC(=O)[C@H](NC(=O)[C@@H]3NC(=O)[C@H]4NC(=O)[C@@H](Cc5ccc(c(Cl)c5)Oc5cc3cc(c5O[C@@H]3O[C@@H](CO)[C@@H](O)[C@H](O)[C@@H]3NC(=O)CCCCCCC(C)C)Oc3ccc(cc3Cl)[C@H]2O[C@@H]2O[C@@H](CO)[C@@H](O)[C@H](O)[C@@H]2NC(C)=O)NC(=O)[C@H](N)c2ccc(O)c(c2)Oc2cc(O)cc4c2)c2ccc(O)c(c2)-c2c(O[C@H]3O[C@H](CO)[C@@H](O)[C@@H](O)[C@@H]3O)cc(O)cc21. The van der Waals surface area contributed by atoms with Crippen LogP contribution in [0, 0.1) is 5.92 Å². The van der Waals surface area contributed by atoms with Crippen LogP contribution in [0.1, 0.15) is 154 Å². The quantitative estimate of drug-likeness (QED) is 0.0428. The molecule has 0 saturated carbocycles. The van der Waals surface area contributed by atoms with E-state index in [1.54, 1.807) is 0 Å². The Hall–Kier alpha value is -12.1. The van der Waals surface area contributed by atoms with Crippen molar-refractivity contribution in [3.63, 3.8) is 0 Å². The van der Waals surface area contributed by atoms with Gasteiger partial charge in [0.05, 0.1) is 29.9 Å². The Balaban J connectivity index is 0.996. The second-order valence-electron chi connectivity index (χ2n) is 36.0. The van der Waals surface area contributed by atoms with Gasteiger partial charge in [-0.15, -0.1) is 0 Å². The molecule has 1 unspecified atom stereocenters. The lowest BCUT2D eigenvalue weighted by molar-refractivity contribution is -0.284. The number of hydrogen-bond acceptors (Lipinski definition) is 34. The number of likely N-dealkylation sites (tertiary alicyclic amines) is 1. The van der Waals surface area contributed by atoms with E-state index in [0.29, 0.717) is 44.7 Å². The third-order valence-corrected chi connectivity index (χ3v) is 26.4. The van der Waals surface area contributed by atoms with Gasteiger partial charge in [0.1, 0.15) is 162 Å². The lowest BCUT2D eigenvalue weighted by atomic mass is 9.89. The minimum atomic E-state index is -2.52. The molecular weight excluding hydrogens is 1880 g/mol. The van der Waals surface area contributed by atoms with Crippen molar-refractivity contribution in [2.45, 2.75) is 232 Å². The summed E-state index contributed by atoms with van der Waals surface area (Å²) in [6.45, 7) is 4.94. The molecule has 0 spiro atoms. The van der Waals surface area contributed by atoms with Crippen LogP contribution in [0.25, 0.3) is 11.1 Å². The molecule has 24 atom stereocenters. The maximum Gasteiger partial charge on any atom is 0.248 e. The normalized spacial score (nSPS) is 29.2. The predicted molar refractivity (Wildman–Crippen MR) is 489 cm³/mol. The summed E-state index contributed by atoms with van der Waals surface area (Å²) in [6.07, 6.45) is -24.3. The Bertz CT molecular complexity index is 5810. The number of rotatable bonds is 22. The first kappa shape index (κ1) is 102. The number of nitrogens with two attached hydrogens (primary N) is 1. The maximum atomic E-state index is 17.2. The van der Waals surface area contributed by atoms with Gasteiger partial charge in [0.2, 0.25) is 71.5 Å². The van der Waals surface area contributed by atoms with Crippen molar-refractivity contribution in [3.05, 3.63) is 164 Å². The number of fused-ring (bicyclic) bond motifs is 14. The van der Waals surface area contributed by atoms with Crippen molar-refractivity contribution in [1.29, 1.82) is 0 Å². The summed E-state index contributed by atoms with van der Waals surface area (Å²) < 4.78 is 58.4. The Labute approximate surface area is 809 Å². The lowest BCUT2D eigenvalue weighted by Gasteiger charge is -2.44. The third-order valence-electron chi connectivity index (χ3n) is 25.8. The van der Waals surface area contributed by atoms with E-state index in [2.05, 4.69) is 66.6 Å². The number of phenolic OH excluding ortho intramolecular Hbond substituents is 4. The number of ether oxygens (including phenoxy) is 9. The molecule has 4 saturated heterocycles. The van der Waals surface area contributed by atoms with Crippen LogP contribution in [0.15, 0.2) is 115 Å². The Morgan fingerprint density at radius 3 is 1.76 bits per heavy atom. The van der Waals surface area contributed by atoms with Crippen LogP contribution in [-0.4, -0.2) is 279 Å². The van der Waals surface area contributed by atoms with E-state index >= 15 is 28.8 Å². The van der Waals surface area contributed by atoms with Gasteiger partial charge in [0.25, 0.3) is 0 Å². The Kier molecular flexibility index (Phi) is 32.1. The second-order valence-corrected chi connectivity index (χ2v) is 36.8. The topological polar surface area (TPSA) is 657 Å². The highest BCUT2D eigenvalue weighted by molar-refractivity contribution is 6.32. The fourth-order valence-electron chi connectivity index (χ4n) is 18.3. The number of aliphatic hydroxyl groups excluding tert-OH is 10. The number of aliphatic hydroxyl groups is 10. The number of aromatic hydroxyl groups is 4. The van der Waals surface area contributed by atoms with Crippen LogP contribution in [-0.2, 0) is 68.5 Å². The van der Waals surface area contributed by atoms with E-state index in [1.165, 1.54) is 36.4 Å². The minimum Gasteiger partial charge on any atom is -0.508 e. The largest absolute Gasteiger partial charge is 0.508 e. The smallest absolute Gasteiger partial charge is 0.248 e. The van der Waals surface area contributed by atoms with Gasteiger partial charge in [-0.05, 0) is 156 Å². The summed E-state index contributed by atoms with van der Waals surface area (Å²) in [5.74, 6) is -17.5. The number of nitrogens with one attached hydrogen (secondary N) is 9. The molecule has 4 fully saturated rings. The minimum absolute atomic E-state index is 0.0349. The molecular formula is C95H111Cl2N11O32. The van der Waals surface area contributed by atoms with Gasteiger partial charge in [-0.3, -0.25) is 48.1 Å². The average molecular weight is 1990 g/mol. The highest BCUT2D eigenvalue weighted by Gasteiger charge is 2.53. The number of amides is 9. The highest BCUT2D eigenvalue weighted by atomic mass is 35.5. The van der Waals surface area contributed by atoms with Gasteiger partial charge in [-0.1, -0.05) is 93.9 Å². The van der Waals surface area contributed by atoms with Gasteiger partial charge in [-0.2, -0.15) is 0 Å². The number of phenols is 4. The first-order valence-electron chi connectivity index (χ1n) is 45.7. The summed E-state index contributed by atoms with van der Waals surface area (Å²) in [6, 6.07) is 1.76. The predicted octanol–water partition coefficient (Wildman–Crippen LogP) is 1.54. The van der Waals surface area contributed by atoms with E-state index in [9.17, 15) is 85.9 Å². The number of halogens is 2. The van der Waals surface area contributed by atoms with E-state index < -0.39 is 304 Å². The van der Waals surface area contributed by atoms with Crippen molar-refractivity contribution < 1.29 is 157 Å². The molecule has 10 aliphatic heterocycles. The number of carbonyl (C=O) groups is 9. The van der Waals surface area contributed by atoms with Crippen LogP contribution in [0.2, 0.25) is 10.0 Å². The monoisotopic (exact) mass is 1990 g/mol. The van der Waals surface area contributed by atoms with Gasteiger partial charge in [0, 0.05) is 55.6 Å². The van der Waals surface area contributed by atoms with Crippen molar-refractivity contribution in [2.24, 2.45) is 11.7 Å². The third kappa shape index (κ3) is 22.4. The molecule has 45 heteroatoms. The van der Waals surface area contributed by atoms with E-state index in [-0.39, 0.29) is 63.5 Å². The number of hydrogen-bond donors (Lipinski definition) is 24. The molecule has 752 valence electrons. The number of carbonyl (C=O) groups excluding carboxylic acids is 9. The van der Waals surface area contributed by atoms with Gasteiger partial charge in [-0.25, -0.2) is 0 Å². The van der Waals surface area contributed by atoms with E-state index in [1.807, 2.05) is 6.92 Å². The molecule has 9 amide bonds. The Morgan fingerprint density at radius 2 is 1.11 bits per heavy atom. The van der Waals surface area contributed by atoms with Crippen LogP contribution in [0.5, 0.6) is 69.0 Å². The van der Waals surface area contributed by atoms with Gasteiger partial charge < -0.3 is 168 Å². The van der Waals surface area contributed by atoms with Crippen LogP contribution in [0.3, 0.4) is 0 Å². The van der Waals surface area contributed by atoms with Crippen molar-refractivity contribution in [1.82, 2.24) is 52.8 Å². The summed E-state index contributed by atoms with van der Waals surface area (Å²) in [4.78, 5) is 144. The van der Waals surface area contributed by atoms with Crippen molar-refractivity contribution >= 4 is 76.4 Å². The standard InChI is InChI=1S/C95H111Cl2N11O32/c1-5-108-22-10-12-47(108)35-99-88(127)73-52-33-49(114)34-61(135-95-83(124)82(123)79(120)66(38-111)138-95)68(52)51-27-43(16-18-56(51)115)70-89(128)107-76(92(131)106-73)84(139-93-74(100-40(4)112)80(121)77(118)64(36-109)136-93)44-17-21-59(54(97)28-44)134-63-31-46-30-62(85(63)140-94-75(81(122)78(119)65(37-110)137-94)102-67(117)13-9-7-6-8-11-39(2)3)133-58-20-14-41(23-53(58)96)24-55-86(125)103-71(90(129)105-72(46)91(130)104-70)45-25-48(113)32-50(26-45)132-60-29-42(15-19-57(60)116)69(98)87(126)101-55/h14-21,23,25-34,39,47,55,64-66,69-84,93-95,109-111,113-116,118-124H,5-13,22,24,35-38,98H2,1-4H3,(H,99,127)(H,100,112)(H,101,126)(H,102,117)(H,103,125)(H,104,130)(H,105,129)(H,106,131)(H,107,128)/t47?,55-,64+,65+,66-,69-,70-,71+,72-,73+,74+,75+,76+,77-,78-,79-,80-,81-,82-,83+,84-,93+,94+,95+/m1/s1. The number of nitrogens with zero attached hydrogens (tertiary/aromatic N) is 1. The summed E-state index contributed by atoms with van der Waals surface area (Å²) >= 11 is 14.9.